The predicted molar refractivity (Wildman–Crippen MR) is 93.4 cm³/mol. The van der Waals surface area contributed by atoms with Gasteiger partial charge in [-0.05, 0) is 18.8 Å². The SMILES string of the molecule is Cc1nn(CC(C)C)cc1NCc1cnn(CC(C)C)c1.Cl. The first-order chi connectivity index (χ1) is 9.94. The average molecular weight is 326 g/mol. The van der Waals surface area contributed by atoms with E-state index in [0.29, 0.717) is 11.8 Å². The van der Waals surface area contributed by atoms with Gasteiger partial charge >= 0.3 is 0 Å². The van der Waals surface area contributed by atoms with E-state index in [-0.39, 0.29) is 12.4 Å². The Kier molecular flexibility index (Phi) is 6.94. The fourth-order valence-electron chi connectivity index (χ4n) is 2.33. The quantitative estimate of drug-likeness (QED) is 0.843. The standard InChI is InChI=1S/C16H27N5.ClH/c1-12(2)8-20-10-15(7-18-20)6-17-16-11-21(9-13(3)4)19-14(16)5;/h7,10-13,17H,6,8-9H2,1-5H3;1H. The van der Waals surface area contributed by atoms with Gasteiger partial charge in [0.15, 0.2) is 0 Å². The summed E-state index contributed by atoms with van der Waals surface area (Å²) in [4.78, 5) is 0. The van der Waals surface area contributed by atoms with Crippen LogP contribution < -0.4 is 5.32 Å². The first kappa shape index (κ1) is 18.6. The van der Waals surface area contributed by atoms with Crippen LogP contribution >= 0.6 is 12.4 Å². The van der Waals surface area contributed by atoms with Gasteiger partial charge in [-0.25, -0.2) is 0 Å². The molecule has 2 aromatic heterocycles. The molecule has 0 saturated heterocycles. The molecular weight excluding hydrogens is 298 g/mol. The molecule has 6 heteroatoms. The molecule has 5 nitrogen and oxygen atoms in total. The first-order valence-electron chi connectivity index (χ1n) is 7.73. The molecule has 2 heterocycles. The third-order valence-corrected chi connectivity index (χ3v) is 3.22. The molecule has 2 aromatic rings. The lowest BCUT2D eigenvalue weighted by Crippen LogP contribution is -2.05. The summed E-state index contributed by atoms with van der Waals surface area (Å²) in [6.45, 7) is 13.5. The summed E-state index contributed by atoms with van der Waals surface area (Å²) in [5, 5.41) is 12.4. The van der Waals surface area contributed by atoms with Crippen molar-refractivity contribution in [2.24, 2.45) is 11.8 Å². The van der Waals surface area contributed by atoms with Gasteiger partial charge in [-0.3, -0.25) is 9.36 Å². The smallest absolute Gasteiger partial charge is 0.0825 e. The normalized spacial score (nSPS) is 11.0. The number of nitrogens with zero attached hydrogens (tertiary/aromatic N) is 4. The molecule has 0 atom stereocenters. The van der Waals surface area contributed by atoms with Crippen molar-refractivity contribution in [3.63, 3.8) is 0 Å². The Morgan fingerprint density at radius 1 is 1.05 bits per heavy atom. The van der Waals surface area contributed by atoms with Gasteiger partial charge in [-0.15, -0.1) is 12.4 Å². The van der Waals surface area contributed by atoms with Crippen LogP contribution in [0.3, 0.4) is 0 Å². The van der Waals surface area contributed by atoms with Crippen molar-refractivity contribution in [1.82, 2.24) is 19.6 Å². The zero-order chi connectivity index (χ0) is 15.4. The zero-order valence-electron chi connectivity index (χ0n) is 14.2. The highest BCUT2D eigenvalue weighted by atomic mass is 35.5. The summed E-state index contributed by atoms with van der Waals surface area (Å²) in [5.41, 5.74) is 3.35. The Balaban J connectivity index is 0.00000242. The molecule has 2 rings (SSSR count). The highest BCUT2D eigenvalue weighted by molar-refractivity contribution is 5.85. The summed E-state index contributed by atoms with van der Waals surface area (Å²) in [6, 6.07) is 0. The molecule has 0 fully saturated rings. The summed E-state index contributed by atoms with van der Waals surface area (Å²) in [5.74, 6) is 1.22. The second-order valence-corrected chi connectivity index (χ2v) is 6.56. The number of aryl methyl sites for hydroxylation is 1. The van der Waals surface area contributed by atoms with Crippen LogP contribution in [0.1, 0.15) is 39.0 Å². The Morgan fingerprint density at radius 2 is 1.68 bits per heavy atom. The van der Waals surface area contributed by atoms with Gasteiger partial charge in [0.1, 0.15) is 0 Å². The summed E-state index contributed by atoms with van der Waals surface area (Å²) < 4.78 is 4.03. The molecule has 0 radical (unpaired) electrons. The second kappa shape index (κ2) is 8.22. The highest BCUT2D eigenvalue weighted by Gasteiger charge is 2.07. The number of aromatic nitrogens is 4. The number of hydrogen-bond acceptors (Lipinski definition) is 3. The summed E-state index contributed by atoms with van der Waals surface area (Å²) in [6.07, 6.45) is 6.14. The lowest BCUT2D eigenvalue weighted by molar-refractivity contribution is 0.481. The summed E-state index contributed by atoms with van der Waals surface area (Å²) in [7, 11) is 0. The predicted octanol–water partition coefficient (Wildman–Crippen LogP) is 3.73. The van der Waals surface area contributed by atoms with Crippen molar-refractivity contribution in [3.8, 4) is 0 Å². The van der Waals surface area contributed by atoms with Crippen molar-refractivity contribution in [2.75, 3.05) is 5.32 Å². The van der Waals surface area contributed by atoms with Gasteiger partial charge in [0.05, 0.1) is 17.6 Å². The van der Waals surface area contributed by atoms with Gasteiger partial charge in [0.25, 0.3) is 0 Å². The van der Waals surface area contributed by atoms with Crippen LogP contribution in [-0.4, -0.2) is 19.6 Å². The number of halogens is 1. The molecule has 22 heavy (non-hydrogen) atoms. The Hall–Kier alpha value is -1.49. The Labute approximate surface area is 139 Å². The largest absolute Gasteiger partial charge is 0.378 e. The zero-order valence-corrected chi connectivity index (χ0v) is 15.0. The third kappa shape index (κ3) is 5.37. The highest BCUT2D eigenvalue weighted by Crippen LogP contribution is 2.15. The Morgan fingerprint density at radius 3 is 2.32 bits per heavy atom. The van der Waals surface area contributed by atoms with Gasteiger partial charge in [0, 0.05) is 37.6 Å². The molecule has 0 bridgehead atoms. The van der Waals surface area contributed by atoms with Crippen molar-refractivity contribution in [3.05, 3.63) is 29.8 Å². The monoisotopic (exact) mass is 325 g/mol. The van der Waals surface area contributed by atoms with Crippen molar-refractivity contribution < 1.29 is 0 Å². The maximum Gasteiger partial charge on any atom is 0.0825 e. The van der Waals surface area contributed by atoms with E-state index in [1.165, 1.54) is 5.56 Å². The van der Waals surface area contributed by atoms with E-state index in [4.69, 9.17) is 0 Å². The van der Waals surface area contributed by atoms with Crippen molar-refractivity contribution in [1.29, 1.82) is 0 Å². The van der Waals surface area contributed by atoms with Crippen molar-refractivity contribution >= 4 is 18.1 Å². The van der Waals surface area contributed by atoms with E-state index in [1.807, 2.05) is 22.5 Å². The minimum atomic E-state index is 0. The van der Waals surface area contributed by atoms with E-state index >= 15 is 0 Å². The van der Waals surface area contributed by atoms with E-state index < -0.39 is 0 Å². The number of hydrogen-bond donors (Lipinski definition) is 1. The third-order valence-electron chi connectivity index (χ3n) is 3.22. The minimum absolute atomic E-state index is 0. The maximum absolute atomic E-state index is 4.54. The fraction of sp³-hybridized carbons (Fsp3) is 0.625. The van der Waals surface area contributed by atoms with Gasteiger partial charge in [-0.1, -0.05) is 27.7 Å². The van der Waals surface area contributed by atoms with Crippen LogP contribution in [0.2, 0.25) is 0 Å². The van der Waals surface area contributed by atoms with Crippen LogP contribution in [0.5, 0.6) is 0 Å². The maximum atomic E-state index is 4.54. The first-order valence-corrected chi connectivity index (χ1v) is 7.73. The van der Waals surface area contributed by atoms with Gasteiger partial charge in [0.2, 0.25) is 0 Å². The molecule has 124 valence electrons. The minimum Gasteiger partial charge on any atom is -0.378 e. The lowest BCUT2D eigenvalue weighted by atomic mass is 10.2. The topological polar surface area (TPSA) is 47.7 Å². The molecule has 0 saturated carbocycles. The summed E-state index contributed by atoms with van der Waals surface area (Å²) >= 11 is 0. The van der Waals surface area contributed by atoms with Crippen LogP contribution in [0.4, 0.5) is 5.69 Å². The van der Waals surface area contributed by atoms with Crippen LogP contribution in [0.25, 0.3) is 0 Å². The van der Waals surface area contributed by atoms with E-state index in [9.17, 15) is 0 Å². The van der Waals surface area contributed by atoms with E-state index in [0.717, 1.165) is 31.0 Å². The molecule has 0 spiro atoms. The van der Waals surface area contributed by atoms with Crippen LogP contribution in [0, 0.1) is 18.8 Å². The molecule has 0 aromatic carbocycles. The molecule has 0 aliphatic carbocycles. The number of anilines is 1. The molecule has 0 aliphatic rings. The second-order valence-electron chi connectivity index (χ2n) is 6.56. The molecular formula is C16H28ClN5. The van der Waals surface area contributed by atoms with Crippen LogP contribution in [-0.2, 0) is 19.6 Å². The van der Waals surface area contributed by atoms with E-state index in [2.05, 4.69) is 55.6 Å². The molecule has 0 unspecified atom stereocenters. The fourth-order valence-corrected chi connectivity index (χ4v) is 2.33. The van der Waals surface area contributed by atoms with Crippen molar-refractivity contribution in [2.45, 2.75) is 54.3 Å². The Bertz CT molecular complexity index is 571. The molecule has 1 N–H and O–H groups in total. The van der Waals surface area contributed by atoms with Gasteiger partial charge in [-0.2, -0.15) is 10.2 Å². The number of nitrogens with one attached hydrogen (secondary N) is 1. The van der Waals surface area contributed by atoms with Gasteiger partial charge < -0.3 is 5.32 Å². The lowest BCUT2D eigenvalue weighted by Gasteiger charge is -2.04. The van der Waals surface area contributed by atoms with E-state index in [1.54, 1.807) is 0 Å². The van der Waals surface area contributed by atoms with Crippen LogP contribution in [0.15, 0.2) is 18.6 Å². The molecule has 0 aliphatic heterocycles. The number of rotatable bonds is 7. The molecule has 0 amide bonds. The average Bonchev–Trinajstić information content (AvgIpc) is 2.92.